The normalized spacial score (nSPS) is 19.7. The highest BCUT2D eigenvalue weighted by molar-refractivity contribution is 5.91. The lowest BCUT2D eigenvalue weighted by Gasteiger charge is -2.40. The Bertz CT molecular complexity index is 263. The first-order chi connectivity index (χ1) is 7.00. The van der Waals surface area contributed by atoms with Gasteiger partial charge in [0.15, 0.2) is 0 Å². The minimum atomic E-state index is -0.754. The second kappa shape index (κ2) is 4.51. The van der Waals surface area contributed by atoms with Gasteiger partial charge >= 0.3 is 6.03 Å². The number of carbonyl (C=O) groups is 2. The zero-order chi connectivity index (χ0) is 11.5. The van der Waals surface area contributed by atoms with Crippen molar-refractivity contribution in [1.82, 2.24) is 15.5 Å². The zero-order valence-corrected chi connectivity index (χ0v) is 9.59. The molecule has 0 aromatic heterocycles. The van der Waals surface area contributed by atoms with Gasteiger partial charge in [0.2, 0.25) is 5.91 Å². The van der Waals surface area contributed by atoms with Gasteiger partial charge in [-0.3, -0.25) is 4.79 Å². The van der Waals surface area contributed by atoms with E-state index >= 15 is 0 Å². The van der Waals surface area contributed by atoms with E-state index in [1.165, 1.54) is 0 Å². The molecule has 0 saturated carbocycles. The van der Waals surface area contributed by atoms with Gasteiger partial charge < -0.3 is 15.5 Å². The third-order valence-corrected chi connectivity index (χ3v) is 2.62. The molecule has 5 heteroatoms. The molecule has 15 heavy (non-hydrogen) atoms. The molecule has 3 amide bonds. The van der Waals surface area contributed by atoms with Gasteiger partial charge in [0, 0.05) is 19.6 Å². The molecule has 0 aromatic carbocycles. The number of amides is 3. The Balaban J connectivity index is 2.66. The van der Waals surface area contributed by atoms with E-state index in [1.807, 2.05) is 6.92 Å². The van der Waals surface area contributed by atoms with E-state index in [9.17, 15) is 9.59 Å². The molecule has 1 rings (SSSR count). The SMILES string of the molecule is CCCNC(=O)N1CCNC(=O)C1(C)C. The zero-order valence-electron chi connectivity index (χ0n) is 9.59. The number of nitrogens with one attached hydrogen (secondary N) is 2. The number of nitrogens with zero attached hydrogens (tertiary/aromatic N) is 1. The average Bonchev–Trinajstić information content (AvgIpc) is 2.18. The molecule has 0 unspecified atom stereocenters. The van der Waals surface area contributed by atoms with Crippen LogP contribution in [0.3, 0.4) is 0 Å². The second-order valence-corrected chi connectivity index (χ2v) is 4.20. The molecule has 0 radical (unpaired) electrons. The predicted molar refractivity (Wildman–Crippen MR) is 57.5 cm³/mol. The van der Waals surface area contributed by atoms with Crippen LogP contribution in [0.15, 0.2) is 0 Å². The molecule has 2 N–H and O–H groups in total. The van der Waals surface area contributed by atoms with Crippen LogP contribution in [0.25, 0.3) is 0 Å². The van der Waals surface area contributed by atoms with Crippen LogP contribution in [0.1, 0.15) is 27.2 Å². The van der Waals surface area contributed by atoms with Gasteiger partial charge in [-0.25, -0.2) is 4.79 Å². The lowest BCUT2D eigenvalue weighted by Crippen LogP contribution is -2.65. The van der Waals surface area contributed by atoms with Gasteiger partial charge in [0.25, 0.3) is 0 Å². The fraction of sp³-hybridized carbons (Fsp3) is 0.800. The Hall–Kier alpha value is -1.26. The molecular formula is C10H19N3O2. The maximum atomic E-state index is 11.8. The van der Waals surface area contributed by atoms with Crippen LogP contribution in [0.5, 0.6) is 0 Å². The number of hydrogen-bond donors (Lipinski definition) is 2. The third kappa shape index (κ3) is 2.40. The summed E-state index contributed by atoms with van der Waals surface area (Å²) >= 11 is 0. The molecule has 0 aromatic rings. The first kappa shape index (κ1) is 11.8. The van der Waals surface area contributed by atoms with Gasteiger partial charge in [-0.2, -0.15) is 0 Å². The highest BCUT2D eigenvalue weighted by Gasteiger charge is 2.40. The molecule has 0 spiro atoms. The molecule has 86 valence electrons. The van der Waals surface area contributed by atoms with Crippen molar-refractivity contribution in [3.63, 3.8) is 0 Å². The van der Waals surface area contributed by atoms with E-state index in [2.05, 4.69) is 10.6 Å². The molecular weight excluding hydrogens is 194 g/mol. The molecule has 1 heterocycles. The lowest BCUT2D eigenvalue weighted by atomic mass is 9.99. The van der Waals surface area contributed by atoms with Crippen LogP contribution < -0.4 is 10.6 Å². The minimum absolute atomic E-state index is 0.0969. The first-order valence-corrected chi connectivity index (χ1v) is 5.34. The molecule has 1 fully saturated rings. The van der Waals surface area contributed by atoms with Crippen LogP contribution >= 0.6 is 0 Å². The van der Waals surface area contributed by atoms with Crippen molar-refractivity contribution in [3.05, 3.63) is 0 Å². The average molecular weight is 213 g/mol. The number of rotatable bonds is 2. The van der Waals surface area contributed by atoms with Crippen molar-refractivity contribution in [2.45, 2.75) is 32.7 Å². The summed E-state index contributed by atoms with van der Waals surface area (Å²) in [5.74, 6) is -0.0969. The maximum absolute atomic E-state index is 11.8. The Kier molecular flexibility index (Phi) is 3.55. The van der Waals surface area contributed by atoms with Crippen LogP contribution in [0.4, 0.5) is 4.79 Å². The van der Waals surface area contributed by atoms with Crippen molar-refractivity contribution in [3.8, 4) is 0 Å². The maximum Gasteiger partial charge on any atom is 0.318 e. The Morgan fingerprint density at radius 2 is 2.27 bits per heavy atom. The minimum Gasteiger partial charge on any atom is -0.352 e. The lowest BCUT2D eigenvalue weighted by molar-refractivity contribution is -0.132. The summed E-state index contributed by atoms with van der Waals surface area (Å²) in [4.78, 5) is 24.9. The largest absolute Gasteiger partial charge is 0.352 e. The summed E-state index contributed by atoms with van der Waals surface area (Å²) in [5, 5.41) is 5.54. The molecule has 0 bridgehead atoms. The highest BCUT2D eigenvalue weighted by Crippen LogP contribution is 2.17. The van der Waals surface area contributed by atoms with E-state index in [0.717, 1.165) is 6.42 Å². The van der Waals surface area contributed by atoms with Crippen LogP contribution in [-0.4, -0.2) is 42.0 Å². The summed E-state index contributed by atoms with van der Waals surface area (Å²) in [6, 6.07) is -0.156. The second-order valence-electron chi connectivity index (χ2n) is 4.20. The summed E-state index contributed by atoms with van der Waals surface area (Å²) < 4.78 is 0. The quantitative estimate of drug-likeness (QED) is 0.693. The van der Waals surface area contributed by atoms with Crippen LogP contribution in [0, 0.1) is 0 Å². The third-order valence-electron chi connectivity index (χ3n) is 2.62. The summed E-state index contributed by atoms with van der Waals surface area (Å²) in [5.41, 5.74) is -0.754. The number of hydrogen-bond acceptors (Lipinski definition) is 2. The Morgan fingerprint density at radius 1 is 1.60 bits per heavy atom. The predicted octanol–water partition coefficient (Wildman–Crippen LogP) is 0.316. The highest BCUT2D eigenvalue weighted by atomic mass is 16.2. The monoisotopic (exact) mass is 213 g/mol. The molecule has 1 aliphatic heterocycles. The van der Waals surface area contributed by atoms with E-state index in [-0.39, 0.29) is 11.9 Å². The van der Waals surface area contributed by atoms with Crippen molar-refractivity contribution in [2.24, 2.45) is 0 Å². The fourth-order valence-corrected chi connectivity index (χ4v) is 1.58. The van der Waals surface area contributed by atoms with Crippen molar-refractivity contribution >= 4 is 11.9 Å². The van der Waals surface area contributed by atoms with Crippen molar-refractivity contribution in [2.75, 3.05) is 19.6 Å². The number of urea groups is 1. The molecule has 1 aliphatic rings. The number of piperazine rings is 1. The standard InChI is InChI=1S/C10H19N3O2/c1-4-5-12-9(15)13-7-6-11-8(14)10(13,2)3/h4-7H2,1-3H3,(H,11,14)(H,12,15). The van der Waals surface area contributed by atoms with Gasteiger partial charge in [-0.15, -0.1) is 0 Å². The van der Waals surface area contributed by atoms with Crippen molar-refractivity contribution < 1.29 is 9.59 Å². The van der Waals surface area contributed by atoms with Crippen LogP contribution in [-0.2, 0) is 4.79 Å². The molecule has 1 saturated heterocycles. The topological polar surface area (TPSA) is 61.4 Å². The van der Waals surface area contributed by atoms with E-state index in [4.69, 9.17) is 0 Å². The van der Waals surface area contributed by atoms with Crippen molar-refractivity contribution in [1.29, 1.82) is 0 Å². The molecule has 5 nitrogen and oxygen atoms in total. The summed E-state index contributed by atoms with van der Waals surface area (Å²) in [6.07, 6.45) is 0.895. The van der Waals surface area contributed by atoms with Gasteiger partial charge in [0.1, 0.15) is 5.54 Å². The van der Waals surface area contributed by atoms with E-state index in [1.54, 1.807) is 18.7 Å². The molecule has 0 aliphatic carbocycles. The Morgan fingerprint density at radius 3 is 2.87 bits per heavy atom. The van der Waals surface area contributed by atoms with E-state index in [0.29, 0.717) is 19.6 Å². The molecule has 0 atom stereocenters. The van der Waals surface area contributed by atoms with Gasteiger partial charge in [-0.05, 0) is 20.3 Å². The first-order valence-electron chi connectivity index (χ1n) is 5.34. The number of carbonyl (C=O) groups excluding carboxylic acids is 2. The Labute approximate surface area is 90.2 Å². The summed E-state index contributed by atoms with van der Waals surface area (Å²) in [7, 11) is 0. The van der Waals surface area contributed by atoms with Crippen LogP contribution in [0.2, 0.25) is 0 Å². The smallest absolute Gasteiger partial charge is 0.318 e. The fourth-order valence-electron chi connectivity index (χ4n) is 1.58. The van der Waals surface area contributed by atoms with Gasteiger partial charge in [-0.1, -0.05) is 6.92 Å². The van der Waals surface area contributed by atoms with Gasteiger partial charge in [0.05, 0.1) is 0 Å². The van der Waals surface area contributed by atoms with E-state index < -0.39 is 5.54 Å². The summed E-state index contributed by atoms with van der Waals surface area (Å²) in [6.45, 7) is 7.25.